The van der Waals surface area contributed by atoms with Crippen LogP contribution >= 0.6 is 0 Å². The zero-order valence-corrected chi connectivity index (χ0v) is 14.6. The van der Waals surface area contributed by atoms with Crippen LogP contribution in [-0.4, -0.2) is 48.1 Å². The summed E-state index contributed by atoms with van der Waals surface area (Å²) in [5, 5.41) is 9.64. The number of allylic oxidation sites excluding steroid dienone is 2. The Morgan fingerprint density at radius 2 is 1.58 bits per heavy atom. The van der Waals surface area contributed by atoms with Crippen LogP contribution in [0.1, 0.15) is 12.8 Å². The van der Waals surface area contributed by atoms with Crippen molar-refractivity contribution in [3.8, 4) is 0 Å². The number of anilines is 1. The Kier molecular flexibility index (Phi) is 4.42. The molecule has 0 aromatic heterocycles. The van der Waals surface area contributed by atoms with Gasteiger partial charge in [-0.05, 0) is 36.8 Å². The van der Waals surface area contributed by atoms with Crippen molar-refractivity contribution in [2.45, 2.75) is 12.8 Å². The Bertz CT molecular complexity index is 742. The zero-order valence-electron chi connectivity index (χ0n) is 14.6. The van der Waals surface area contributed by atoms with Crippen LogP contribution in [-0.2, 0) is 9.59 Å². The smallest absolute Gasteiger partial charge is 0.307 e. The topological polar surface area (TPSA) is 60.9 Å². The zero-order chi connectivity index (χ0) is 18.3. The largest absolute Gasteiger partial charge is 0.481 e. The molecule has 1 heterocycles. The number of carbonyl (C=O) groups is 2. The van der Waals surface area contributed by atoms with Crippen molar-refractivity contribution in [2.24, 2.45) is 23.7 Å². The van der Waals surface area contributed by atoms with E-state index in [1.54, 1.807) is 23.1 Å². The average Bonchev–Trinajstić information content (AvgIpc) is 2.68. The molecule has 1 aliphatic heterocycles. The van der Waals surface area contributed by atoms with Gasteiger partial charge in [-0.3, -0.25) is 9.59 Å². The van der Waals surface area contributed by atoms with Gasteiger partial charge in [-0.2, -0.15) is 0 Å². The van der Waals surface area contributed by atoms with E-state index in [2.05, 4.69) is 0 Å². The van der Waals surface area contributed by atoms with Crippen LogP contribution in [0.3, 0.4) is 0 Å². The van der Waals surface area contributed by atoms with Gasteiger partial charge in [0, 0.05) is 26.2 Å². The fourth-order valence-corrected chi connectivity index (χ4v) is 4.75. The molecule has 26 heavy (non-hydrogen) atoms. The summed E-state index contributed by atoms with van der Waals surface area (Å²) < 4.78 is 14.0. The van der Waals surface area contributed by atoms with E-state index in [0.717, 1.165) is 12.8 Å². The van der Waals surface area contributed by atoms with Crippen molar-refractivity contribution >= 4 is 17.6 Å². The molecular formula is C20H23FN2O3. The highest BCUT2D eigenvalue weighted by Crippen LogP contribution is 2.45. The molecule has 0 unspecified atom stereocenters. The van der Waals surface area contributed by atoms with Crippen LogP contribution in [0.5, 0.6) is 0 Å². The fourth-order valence-electron chi connectivity index (χ4n) is 4.75. The summed E-state index contributed by atoms with van der Waals surface area (Å²) in [5.41, 5.74) is 0.558. The van der Waals surface area contributed by atoms with Gasteiger partial charge in [0.05, 0.1) is 17.5 Å². The quantitative estimate of drug-likeness (QED) is 0.843. The van der Waals surface area contributed by atoms with Crippen LogP contribution in [0, 0.1) is 29.5 Å². The van der Waals surface area contributed by atoms with Crippen molar-refractivity contribution in [1.82, 2.24) is 4.90 Å². The van der Waals surface area contributed by atoms with Crippen molar-refractivity contribution in [2.75, 3.05) is 31.1 Å². The first-order valence-electron chi connectivity index (χ1n) is 9.25. The Balaban J connectivity index is 1.46. The SMILES string of the molecule is O=C(O)[C@H]1[C@@H](C(=O)N2CCN(c3ccccc3F)CC2)[C@H]2C=C[C@H]1CC2. The maximum absolute atomic E-state index is 14.0. The van der Waals surface area contributed by atoms with Crippen LogP contribution in [0.15, 0.2) is 36.4 Å². The van der Waals surface area contributed by atoms with Gasteiger partial charge in [-0.1, -0.05) is 24.3 Å². The van der Waals surface area contributed by atoms with E-state index in [-0.39, 0.29) is 23.6 Å². The second-order valence-corrected chi connectivity index (χ2v) is 7.44. The number of benzene rings is 1. The third-order valence-corrected chi connectivity index (χ3v) is 6.10. The lowest BCUT2D eigenvalue weighted by atomic mass is 9.62. The molecular weight excluding hydrogens is 335 g/mol. The monoisotopic (exact) mass is 358 g/mol. The van der Waals surface area contributed by atoms with Gasteiger partial charge in [0.15, 0.2) is 0 Å². The number of carbonyl (C=O) groups excluding carboxylic acids is 1. The van der Waals surface area contributed by atoms with Gasteiger partial charge in [0.25, 0.3) is 0 Å². The van der Waals surface area contributed by atoms with Gasteiger partial charge >= 0.3 is 5.97 Å². The molecule has 3 aliphatic carbocycles. The maximum Gasteiger partial charge on any atom is 0.307 e. The van der Waals surface area contributed by atoms with E-state index in [0.29, 0.717) is 31.9 Å². The standard InChI is InChI=1S/C20H23FN2O3/c21-15-3-1-2-4-16(15)22-9-11-23(12-10-22)19(24)17-13-5-7-14(8-6-13)18(17)20(25)26/h1-5,7,13-14,17-18H,6,8-12H2,(H,25,26)/t13-,14-,17-,18+/m0/s1. The first kappa shape index (κ1) is 17.1. The highest BCUT2D eigenvalue weighted by atomic mass is 19.1. The van der Waals surface area contributed by atoms with Crippen molar-refractivity contribution in [3.63, 3.8) is 0 Å². The second kappa shape index (κ2) is 6.74. The molecule has 0 radical (unpaired) electrons. The second-order valence-electron chi connectivity index (χ2n) is 7.44. The predicted molar refractivity (Wildman–Crippen MR) is 95.2 cm³/mol. The first-order valence-corrected chi connectivity index (χ1v) is 9.25. The molecule has 4 aliphatic rings. The number of carboxylic acids is 1. The number of halogens is 1. The number of hydrogen-bond acceptors (Lipinski definition) is 3. The number of rotatable bonds is 3. The minimum Gasteiger partial charge on any atom is -0.481 e. The van der Waals surface area contributed by atoms with Gasteiger partial charge in [0.2, 0.25) is 5.91 Å². The molecule has 0 spiro atoms. The van der Waals surface area contributed by atoms with E-state index in [9.17, 15) is 19.1 Å². The van der Waals surface area contributed by atoms with Crippen LogP contribution in [0.4, 0.5) is 10.1 Å². The molecule has 1 saturated heterocycles. The summed E-state index contributed by atoms with van der Waals surface area (Å²) in [6, 6.07) is 6.66. The number of nitrogens with zero attached hydrogens (tertiary/aromatic N) is 2. The molecule has 5 nitrogen and oxygen atoms in total. The van der Waals surface area contributed by atoms with E-state index >= 15 is 0 Å². The molecule has 1 aromatic carbocycles. The normalized spacial score (nSPS) is 30.5. The lowest BCUT2D eigenvalue weighted by molar-refractivity contribution is -0.156. The molecule has 6 heteroatoms. The van der Waals surface area contributed by atoms with Crippen molar-refractivity contribution in [1.29, 1.82) is 0 Å². The Morgan fingerprint density at radius 1 is 0.962 bits per heavy atom. The van der Waals surface area contributed by atoms with Crippen LogP contribution in [0.2, 0.25) is 0 Å². The predicted octanol–water partition coefficient (Wildman–Crippen LogP) is 2.39. The third kappa shape index (κ3) is 2.87. The van der Waals surface area contributed by atoms with E-state index in [4.69, 9.17) is 0 Å². The molecule has 5 rings (SSSR count). The van der Waals surface area contributed by atoms with Gasteiger partial charge in [-0.25, -0.2) is 4.39 Å². The number of amides is 1. The summed E-state index contributed by atoms with van der Waals surface area (Å²) >= 11 is 0. The summed E-state index contributed by atoms with van der Waals surface area (Å²) in [6.45, 7) is 2.11. The van der Waals surface area contributed by atoms with Gasteiger partial charge < -0.3 is 14.9 Å². The van der Waals surface area contributed by atoms with E-state index < -0.39 is 17.8 Å². The minimum atomic E-state index is -0.868. The summed E-state index contributed by atoms with van der Waals surface area (Å²) in [5.74, 6) is -2.26. The highest BCUT2D eigenvalue weighted by Gasteiger charge is 2.49. The van der Waals surface area contributed by atoms with Crippen molar-refractivity contribution < 1.29 is 19.1 Å². The minimum absolute atomic E-state index is 0.0261. The summed E-state index contributed by atoms with van der Waals surface area (Å²) in [4.78, 5) is 28.6. The molecule has 1 saturated carbocycles. The van der Waals surface area contributed by atoms with Crippen LogP contribution < -0.4 is 4.90 Å². The molecule has 138 valence electrons. The first-order chi connectivity index (χ1) is 12.6. The maximum atomic E-state index is 14.0. The third-order valence-electron chi connectivity index (χ3n) is 6.10. The number of carboxylic acid groups (broad SMARTS) is 1. The molecule has 4 atom stereocenters. The number of para-hydroxylation sites is 1. The Morgan fingerprint density at radius 3 is 2.15 bits per heavy atom. The number of hydrogen-bond donors (Lipinski definition) is 1. The Hall–Kier alpha value is -2.37. The van der Waals surface area contributed by atoms with Crippen molar-refractivity contribution in [3.05, 3.63) is 42.2 Å². The van der Waals surface area contributed by atoms with E-state index in [1.807, 2.05) is 17.1 Å². The van der Waals surface area contributed by atoms with E-state index in [1.165, 1.54) is 6.07 Å². The Labute approximate surface area is 152 Å². The van der Waals surface area contributed by atoms with Gasteiger partial charge in [-0.15, -0.1) is 0 Å². The fraction of sp³-hybridized carbons (Fsp3) is 0.500. The number of fused-ring (bicyclic) bond motifs is 2. The molecule has 1 amide bonds. The number of piperazine rings is 1. The number of aliphatic carboxylic acids is 1. The summed E-state index contributed by atoms with van der Waals surface area (Å²) in [7, 11) is 0. The lowest BCUT2D eigenvalue weighted by Gasteiger charge is -2.45. The summed E-state index contributed by atoms with van der Waals surface area (Å²) in [6.07, 6.45) is 5.75. The molecule has 2 bridgehead atoms. The molecule has 1 N–H and O–H groups in total. The average molecular weight is 358 g/mol. The van der Waals surface area contributed by atoms with Gasteiger partial charge in [0.1, 0.15) is 5.82 Å². The highest BCUT2D eigenvalue weighted by molar-refractivity contribution is 5.86. The molecule has 2 fully saturated rings. The molecule has 1 aromatic rings. The van der Waals surface area contributed by atoms with Crippen LogP contribution in [0.25, 0.3) is 0 Å². The lowest BCUT2D eigenvalue weighted by Crippen LogP contribution is -2.55.